The molecule has 12 nitrogen and oxygen atoms in total. The van der Waals surface area contributed by atoms with Gasteiger partial charge in [0.2, 0.25) is 0 Å². The largest absolute Gasteiger partial charge is 0.460 e. The molecule has 0 aromatic carbocycles. The van der Waals surface area contributed by atoms with Crippen LogP contribution < -0.4 is 10.6 Å². The minimum absolute atomic E-state index is 0.0643. The predicted molar refractivity (Wildman–Crippen MR) is 140 cm³/mol. The minimum atomic E-state index is -0.550. The molecule has 0 saturated carbocycles. The van der Waals surface area contributed by atoms with E-state index < -0.39 is 24.1 Å². The number of rotatable bonds is 23. The van der Waals surface area contributed by atoms with Gasteiger partial charge in [-0.2, -0.15) is 0 Å². The Kier molecular flexibility index (Phi) is 22.2. The maximum Gasteiger partial charge on any atom is 0.407 e. The smallest absolute Gasteiger partial charge is 0.407 e. The summed E-state index contributed by atoms with van der Waals surface area (Å²) in [5.41, 5.74) is 0.614. The average molecular weight is 545 g/mol. The van der Waals surface area contributed by atoms with Gasteiger partial charge < -0.3 is 39.1 Å². The number of alkyl carbamates (subject to hydrolysis) is 2. The zero-order valence-electron chi connectivity index (χ0n) is 22.8. The van der Waals surface area contributed by atoms with Crippen LogP contribution in [0.2, 0.25) is 0 Å². The fraction of sp³-hybridized carbons (Fsp3) is 0.692. The van der Waals surface area contributed by atoms with Crippen molar-refractivity contribution in [1.29, 1.82) is 0 Å². The predicted octanol–water partition coefficient (Wildman–Crippen LogP) is 3.05. The van der Waals surface area contributed by atoms with Gasteiger partial charge in [0.15, 0.2) is 0 Å². The van der Waals surface area contributed by atoms with Crippen LogP contribution in [0.1, 0.15) is 52.4 Å². The van der Waals surface area contributed by atoms with Crippen molar-refractivity contribution in [2.45, 2.75) is 52.4 Å². The fourth-order valence-electron chi connectivity index (χ4n) is 2.50. The van der Waals surface area contributed by atoms with Crippen molar-refractivity contribution in [2.24, 2.45) is 0 Å². The molecular weight excluding hydrogens is 500 g/mol. The van der Waals surface area contributed by atoms with E-state index in [1.165, 1.54) is 0 Å². The summed E-state index contributed by atoms with van der Waals surface area (Å²) in [4.78, 5) is 45.3. The molecule has 0 bridgehead atoms. The van der Waals surface area contributed by atoms with Gasteiger partial charge in [0, 0.05) is 37.6 Å². The molecule has 218 valence electrons. The van der Waals surface area contributed by atoms with E-state index in [4.69, 9.17) is 28.4 Å². The second-order valence-corrected chi connectivity index (χ2v) is 8.30. The standard InChI is InChI=1S/C26H44N2O10/c1-21(2)23(29)35-19-11-27-25(31)37-17-9-7-15-33-13-5-6-14-34-16-8-10-18-38-26(32)28-12-20-36-24(30)22(3)4/h1,3,5-20H2,2,4H3,(H,27,31)(H,28,32). The maximum absolute atomic E-state index is 11.5. The Hall–Kier alpha value is -3.12. The molecule has 0 spiro atoms. The number of esters is 2. The second-order valence-electron chi connectivity index (χ2n) is 8.30. The summed E-state index contributed by atoms with van der Waals surface area (Å²) in [7, 11) is 0. The Morgan fingerprint density at radius 2 is 0.816 bits per heavy atom. The summed E-state index contributed by atoms with van der Waals surface area (Å²) in [6, 6.07) is 0. The molecule has 0 aliphatic rings. The molecule has 0 rings (SSSR count). The highest BCUT2D eigenvalue weighted by Gasteiger charge is 2.06. The van der Waals surface area contributed by atoms with Crippen LogP contribution in [-0.4, -0.2) is 90.1 Å². The van der Waals surface area contributed by atoms with Gasteiger partial charge in [-0.1, -0.05) is 13.2 Å². The average Bonchev–Trinajstić information content (AvgIpc) is 2.88. The van der Waals surface area contributed by atoms with E-state index in [9.17, 15) is 19.2 Å². The fourth-order valence-corrected chi connectivity index (χ4v) is 2.50. The highest BCUT2D eigenvalue weighted by atomic mass is 16.6. The van der Waals surface area contributed by atoms with Crippen molar-refractivity contribution in [3.05, 3.63) is 24.3 Å². The van der Waals surface area contributed by atoms with Gasteiger partial charge in [-0.05, 0) is 52.4 Å². The lowest BCUT2D eigenvalue weighted by Crippen LogP contribution is -2.29. The van der Waals surface area contributed by atoms with Crippen LogP contribution in [0.3, 0.4) is 0 Å². The molecule has 2 amide bonds. The van der Waals surface area contributed by atoms with Crippen molar-refractivity contribution in [1.82, 2.24) is 10.6 Å². The Balaban J connectivity index is 3.30. The molecule has 0 fully saturated rings. The lowest BCUT2D eigenvalue weighted by atomic mass is 10.3. The van der Waals surface area contributed by atoms with E-state index in [1.807, 2.05) is 0 Å². The Bertz CT molecular complexity index is 667. The van der Waals surface area contributed by atoms with Crippen LogP contribution in [0.25, 0.3) is 0 Å². The van der Waals surface area contributed by atoms with Gasteiger partial charge in [-0.25, -0.2) is 19.2 Å². The summed E-state index contributed by atoms with van der Waals surface area (Å²) in [5.74, 6) is -0.984. The Morgan fingerprint density at radius 3 is 1.13 bits per heavy atom. The third kappa shape index (κ3) is 23.3. The number of carbonyl (C=O) groups is 4. The number of hydrogen-bond acceptors (Lipinski definition) is 10. The molecule has 0 aromatic rings. The van der Waals surface area contributed by atoms with Crippen molar-refractivity contribution in [3.63, 3.8) is 0 Å². The van der Waals surface area contributed by atoms with Crippen LogP contribution >= 0.6 is 0 Å². The van der Waals surface area contributed by atoms with Gasteiger partial charge in [0.25, 0.3) is 0 Å². The quantitative estimate of drug-likeness (QED) is 0.0851. The van der Waals surface area contributed by atoms with E-state index in [0.29, 0.717) is 50.4 Å². The molecule has 0 saturated heterocycles. The summed E-state index contributed by atoms with van der Waals surface area (Å²) in [6.07, 6.45) is 3.62. The highest BCUT2D eigenvalue weighted by molar-refractivity contribution is 5.87. The lowest BCUT2D eigenvalue weighted by Gasteiger charge is -2.08. The van der Waals surface area contributed by atoms with Crippen LogP contribution in [-0.2, 0) is 38.0 Å². The van der Waals surface area contributed by atoms with Crippen molar-refractivity contribution in [2.75, 3.05) is 65.9 Å². The van der Waals surface area contributed by atoms with Gasteiger partial charge in [0.05, 0.1) is 26.3 Å². The molecule has 0 atom stereocenters. The van der Waals surface area contributed by atoms with E-state index in [2.05, 4.69) is 23.8 Å². The summed E-state index contributed by atoms with van der Waals surface area (Å²) >= 11 is 0. The van der Waals surface area contributed by atoms with E-state index in [1.54, 1.807) is 13.8 Å². The van der Waals surface area contributed by atoms with Gasteiger partial charge in [-0.3, -0.25) is 0 Å². The van der Waals surface area contributed by atoms with Gasteiger partial charge in [0.1, 0.15) is 13.2 Å². The van der Waals surface area contributed by atoms with Gasteiger partial charge in [-0.15, -0.1) is 0 Å². The number of ether oxygens (including phenoxy) is 6. The molecule has 38 heavy (non-hydrogen) atoms. The molecule has 0 unspecified atom stereocenters. The van der Waals surface area contributed by atoms with Crippen LogP contribution in [0.5, 0.6) is 0 Å². The van der Waals surface area contributed by atoms with E-state index in [-0.39, 0.29) is 39.5 Å². The SMILES string of the molecule is C=C(C)C(=O)OCCNC(=O)OCCCCOCCCCOCCCCOC(=O)NCCOC(=O)C(=C)C. The topological polar surface area (TPSA) is 148 Å². The zero-order valence-corrected chi connectivity index (χ0v) is 22.8. The highest BCUT2D eigenvalue weighted by Crippen LogP contribution is 1.98. The number of hydrogen-bond donors (Lipinski definition) is 2. The van der Waals surface area contributed by atoms with Gasteiger partial charge >= 0.3 is 24.1 Å². The van der Waals surface area contributed by atoms with Crippen molar-refractivity contribution >= 4 is 24.1 Å². The van der Waals surface area contributed by atoms with Crippen LogP contribution in [0.4, 0.5) is 9.59 Å². The number of nitrogens with one attached hydrogen (secondary N) is 2. The molecule has 0 aromatic heterocycles. The molecular formula is C26H44N2O10. The summed E-state index contributed by atoms with van der Waals surface area (Å²) in [5, 5.41) is 4.99. The number of unbranched alkanes of at least 4 members (excludes halogenated alkanes) is 3. The summed E-state index contributed by atoms with van der Waals surface area (Å²) < 4.78 is 30.9. The third-order valence-corrected chi connectivity index (χ3v) is 4.57. The van der Waals surface area contributed by atoms with Crippen molar-refractivity contribution in [3.8, 4) is 0 Å². The lowest BCUT2D eigenvalue weighted by molar-refractivity contribution is -0.139. The molecule has 2 N–H and O–H groups in total. The summed E-state index contributed by atoms with van der Waals surface area (Å²) in [6.45, 7) is 13.6. The zero-order chi connectivity index (χ0) is 28.4. The molecule has 0 radical (unpaired) electrons. The molecule has 0 aliphatic heterocycles. The minimum Gasteiger partial charge on any atom is -0.460 e. The number of carbonyl (C=O) groups excluding carboxylic acids is 4. The first kappa shape index (κ1) is 34.9. The van der Waals surface area contributed by atoms with E-state index in [0.717, 1.165) is 25.7 Å². The first-order chi connectivity index (χ1) is 18.2. The van der Waals surface area contributed by atoms with Crippen LogP contribution in [0, 0.1) is 0 Å². The molecule has 0 heterocycles. The maximum atomic E-state index is 11.5. The monoisotopic (exact) mass is 544 g/mol. The Labute approximate surface area is 225 Å². The molecule has 12 heteroatoms. The molecule has 0 aliphatic carbocycles. The second kappa shape index (κ2) is 24.2. The van der Waals surface area contributed by atoms with E-state index >= 15 is 0 Å². The Morgan fingerprint density at radius 1 is 0.500 bits per heavy atom. The normalized spacial score (nSPS) is 10.3. The number of amides is 2. The van der Waals surface area contributed by atoms with Crippen molar-refractivity contribution < 1.29 is 47.6 Å². The first-order valence-electron chi connectivity index (χ1n) is 12.9. The third-order valence-electron chi connectivity index (χ3n) is 4.57. The first-order valence-corrected chi connectivity index (χ1v) is 12.9. The van der Waals surface area contributed by atoms with Crippen LogP contribution in [0.15, 0.2) is 24.3 Å².